The lowest BCUT2D eigenvalue weighted by Crippen LogP contribution is -2.44. The van der Waals surface area contributed by atoms with E-state index in [1.807, 2.05) is 0 Å². The number of hydrazine groups is 1. The second-order valence-electron chi connectivity index (χ2n) is 7.09. The van der Waals surface area contributed by atoms with Crippen molar-refractivity contribution in [1.29, 1.82) is 0 Å². The third-order valence-corrected chi connectivity index (χ3v) is 3.49. The SMILES string of the molecule is CCCOC(=O)C(=CNNC(C)(C)C)C(=O)c1c(F)c(C)c(F)c(F)c1[N+](=O)[O-]. The van der Waals surface area contributed by atoms with Crippen LogP contribution < -0.4 is 10.9 Å². The van der Waals surface area contributed by atoms with Crippen molar-refractivity contribution in [2.75, 3.05) is 6.61 Å². The molecule has 0 amide bonds. The highest BCUT2D eigenvalue weighted by atomic mass is 19.2. The first-order valence-corrected chi connectivity index (χ1v) is 8.59. The van der Waals surface area contributed by atoms with Crippen molar-refractivity contribution in [3.8, 4) is 0 Å². The van der Waals surface area contributed by atoms with Crippen molar-refractivity contribution in [3.05, 3.63) is 50.5 Å². The molecule has 1 rings (SSSR count). The van der Waals surface area contributed by atoms with E-state index in [0.717, 1.165) is 13.1 Å². The van der Waals surface area contributed by atoms with Crippen LogP contribution in [0.3, 0.4) is 0 Å². The Morgan fingerprint density at radius 2 is 1.76 bits per heavy atom. The number of nitrogens with one attached hydrogen (secondary N) is 2. The highest BCUT2D eigenvalue weighted by molar-refractivity contribution is 6.25. The van der Waals surface area contributed by atoms with Crippen LogP contribution in [0.2, 0.25) is 0 Å². The van der Waals surface area contributed by atoms with Gasteiger partial charge in [-0.25, -0.2) is 19.0 Å². The molecule has 29 heavy (non-hydrogen) atoms. The Kier molecular flexibility index (Phi) is 7.89. The maximum atomic E-state index is 14.6. The summed E-state index contributed by atoms with van der Waals surface area (Å²) in [6.45, 7) is 7.64. The topological polar surface area (TPSA) is 111 Å². The number of benzene rings is 1. The largest absolute Gasteiger partial charge is 0.462 e. The van der Waals surface area contributed by atoms with Crippen LogP contribution in [-0.2, 0) is 9.53 Å². The number of nitrogens with zero attached hydrogens (tertiary/aromatic N) is 1. The van der Waals surface area contributed by atoms with Crippen molar-refractivity contribution in [2.45, 2.75) is 46.6 Å². The number of esters is 1. The standard InChI is InChI=1S/C18H22F3N3O5/c1-6-7-29-17(26)10(8-22-23-18(3,4)5)16(25)11-12(19)9(2)13(20)14(21)15(11)24(27)28/h8,22-23H,6-7H2,1-5H3. The van der Waals surface area contributed by atoms with Gasteiger partial charge >= 0.3 is 11.7 Å². The normalized spacial score (nSPS) is 11.9. The molecular formula is C18H22F3N3O5. The number of ether oxygens (including phenoxy) is 1. The molecule has 8 nitrogen and oxygen atoms in total. The van der Waals surface area contributed by atoms with Crippen LogP contribution in [0.15, 0.2) is 11.8 Å². The monoisotopic (exact) mass is 417 g/mol. The number of halogens is 3. The number of rotatable bonds is 8. The molecule has 1 aromatic carbocycles. The van der Waals surface area contributed by atoms with Crippen molar-refractivity contribution in [2.24, 2.45) is 0 Å². The number of hydrogen-bond acceptors (Lipinski definition) is 7. The average molecular weight is 417 g/mol. The van der Waals surface area contributed by atoms with Crippen LogP contribution in [0.5, 0.6) is 0 Å². The van der Waals surface area contributed by atoms with Gasteiger partial charge < -0.3 is 10.2 Å². The van der Waals surface area contributed by atoms with Gasteiger partial charge in [-0.2, -0.15) is 4.39 Å². The maximum Gasteiger partial charge on any atom is 0.343 e. The first-order valence-electron chi connectivity index (χ1n) is 8.59. The molecule has 0 heterocycles. The molecule has 0 saturated heterocycles. The van der Waals surface area contributed by atoms with Crippen LogP contribution in [-0.4, -0.2) is 28.8 Å². The van der Waals surface area contributed by atoms with E-state index in [9.17, 15) is 32.9 Å². The van der Waals surface area contributed by atoms with Gasteiger partial charge in [0.05, 0.1) is 11.5 Å². The molecule has 0 fully saturated rings. The highest BCUT2D eigenvalue weighted by Gasteiger charge is 2.37. The smallest absolute Gasteiger partial charge is 0.343 e. The van der Waals surface area contributed by atoms with Gasteiger partial charge in [0.1, 0.15) is 17.0 Å². The van der Waals surface area contributed by atoms with Gasteiger partial charge in [-0.05, 0) is 34.1 Å². The van der Waals surface area contributed by atoms with E-state index >= 15 is 0 Å². The number of carbonyl (C=O) groups is 2. The fourth-order valence-corrected chi connectivity index (χ4v) is 2.09. The third-order valence-electron chi connectivity index (χ3n) is 3.49. The van der Waals surface area contributed by atoms with Crippen molar-refractivity contribution in [1.82, 2.24) is 10.9 Å². The van der Waals surface area contributed by atoms with Gasteiger partial charge in [0.15, 0.2) is 5.82 Å². The molecule has 0 unspecified atom stereocenters. The zero-order valence-electron chi connectivity index (χ0n) is 16.6. The predicted octanol–water partition coefficient (Wildman–Crippen LogP) is 3.23. The summed E-state index contributed by atoms with van der Waals surface area (Å²) in [6, 6.07) is 0. The second-order valence-corrected chi connectivity index (χ2v) is 7.09. The Balaban J connectivity index is 3.59. The number of hydrogen-bond donors (Lipinski definition) is 2. The number of nitro benzene ring substituents is 1. The summed E-state index contributed by atoms with van der Waals surface area (Å²) in [5.74, 6) is -8.17. The summed E-state index contributed by atoms with van der Waals surface area (Å²) in [5, 5.41) is 11.2. The van der Waals surface area contributed by atoms with Crippen molar-refractivity contribution < 1.29 is 32.4 Å². The minimum atomic E-state index is -2.00. The molecule has 0 aliphatic carbocycles. The number of Topliss-reactive ketones (excluding diaryl/α,β-unsaturated/α-hetero) is 1. The van der Waals surface area contributed by atoms with Gasteiger partial charge in [-0.1, -0.05) is 6.92 Å². The first kappa shape index (κ1) is 24.1. The molecule has 0 aliphatic rings. The summed E-state index contributed by atoms with van der Waals surface area (Å²) in [4.78, 5) is 34.8. The lowest BCUT2D eigenvalue weighted by Gasteiger charge is -2.20. The second kappa shape index (κ2) is 9.50. The van der Waals surface area contributed by atoms with Crippen LogP contribution in [0.25, 0.3) is 0 Å². The van der Waals surface area contributed by atoms with E-state index in [-0.39, 0.29) is 6.61 Å². The van der Waals surface area contributed by atoms with Crippen LogP contribution in [0.4, 0.5) is 18.9 Å². The summed E-state index contributed by atoms with van der Waals surface area (Å²) < 4.78 is 47.2. The van der Waals surface area contributed by atoms with E-state index in [0.29, 0.717) is 6.42 Å². The molecule has 11 heteroatoms. The molecule has 160 valence electrons. The maximum absolute atomic E-state index is 14.6. The summed E-state index contributed by atoms with van der Waals surface area (Å²) in [7, 11) is 0. The minimum Gasteiger partial charge on any atom is -0.462 e. The Labute approximate surface area is 165 Å². The number of ketones is 1. The molecule has 0 saturated carbocycles. The van der Waals surface area contributed by atoms with E-state index < -0.39 is 62.1 Å². The summed E-state index contributed by atoms with van der Waals surface area (Å²) in [6.07, 6.45) is 1.23. The van der Waals surface area contributed by atoms with Crippen LogP contribution in [0, 0.1) is 34.5 Å². The van der Waals surface area contributed by atoms with Crippen LogP contribution >= 0.6 is 0 Å². The van der Waals surface area contributed by atoms with Gasteiger partial charge in [0.2, 0.25) is 11.6 Å². The highest BCUT2D eigenvalue weighted by Crippen LogP contribution is 2.32. The fourth-order valence-electron chi connectivity index (χ4n) is 2.09. The zero-order chi connectivity index (χ0) is 22.5. The molecule has 0 radical (unpaired) electrons. The Morgan fingerprint density at radius 3 is 2.24 bits per heavy atom. The average Bonchev–Trinajstić information content (AvgIpc) is 2.62. The van der Waals surface area contributed by atoms with Crippen LogP contribution in [0.1, 0.15) is 50.0 Å². The lowest BCUT2D eigenvalue weighted by atomic mass is 9.98. The molecular weight excluding hydrogens is 395 g/mol. The quantitative estimate of drug-likeness (QED) is 0.0976. The Bertz CT molecular complexity index is 864. The molecule has 1 aromatic rings. The van der Waals surface area contributed by atoms with E-state index in [1.54, 1.807) is 27.7 Å². The van der Waals surface area contributed by atoms with Gasteiger partial charge in [-0.15, -0.1) is 0 Å². The lowest BCUT2D eigenvalue weighted by molar-refractivity contribution is -0.388. The molecule has 2 N–H and O–H groups in total. The summed E-state index contributed by atoms with van der Waals surface area (Å²) in [5.41, 5.74) is -0.201. The van der Waals surface area contributed by atoms with E-state index in [1.165, 1.54) is 0 Å². The molecule has 0 spiro atoms. The fraction of sp³-hybridized carbons (Fsp3) is 0.444. The van der Waals surface area contributed by atoms with Crippen molar-refractivity contribution >= 4 is 17.4 Å². The Morgan fingerprint density at radius 1 is 1.17 bits per heavy atom. The molecule has 0 aliphatic heterocycles. The van der Waals surface area contributed by atoms with E-state index in [4.69, 9.17) is 4.74 Å². The number of carbonyl (C=O) groups excluding carboxylic acids is 2. The molecule has 0 aromatic heterocycles. The van der Waals surface area contributed by atoms with E-state index in [2.05, 4.69) is 10.9 Å². The first-order chi connectivity index (χ1) is 13.3. The Hall–Kier alpha value is -2.95. The summed E-state index contributed by atoms with van der Waals surface area (Å²) >= 11 is 0. The zero-order valence-corrected chi connectivity index (χ0v) is 16.6. The molecule has 0 atom stereocenters. The minimum absolute atomic E-state index is 0.0858. The third kappa shape index (κ3) is 5.76. The number of nitro groups is 1. The molecule has 0 bridgehead atoms. The van der Waals surface area contributed by atoms with Gasteiger partial charge in [-0.3, -0.25) is 14.9 Å². The van der Waals surface area contributed by atoms with Crippen molar-refractivity contribution in [3.63, 3.8) is 0 Å². The van der Waals surface area contributed by atoms with Gasteiger partial charge in [0, 0.05) is 17.3 Å². The van der Waals surface area contributed by atoms with Gasteiger partial charge in [0.25, 0.3) is 0 Å². The predicted molar refractivity (Wildman–Crippen MR) is 97.4 cm³/mol.